The number of nitrogens with zero attached hydrogens (tertiary/aromatic N) is 5. The number of fused-ring (bicyclic) bond motifs is 1. The second-order valence-corrected chi connectivity index (χ2v) is 8.98. The highest BCUT2D eigenvalue weighted by Crippen LogP contribution is 2.28. The topological polar surface area (TPSA) is 61.7 Å². The maximum absolute atomic E-state index is 13.4. The van der Waals surface area contributed by atoms with Crippen molar-refractivity contribution >= 4 is 11.9 Å². The quantitative estimate of drug-likeness (QED) is 0.722. The molecular formula is C24H30FN5O2. The van der Waals surface area contributed by atoms with Gasteiger partial charge in [-0.3, -0.25) is 4.79 Å². The SMILES string of the molecule is O=C(c1nn(-c2ccc(F)cc2)c2c1CCCC2)N1CCN(C(=O)N2CCCCC2)CC1. The van der Waals surface area contributed by atoms with E-state index in [1.807, 2.05) is 19.4 Å². The molecule has 3 heterocycles. The van der Waals surface area contributed by atoms with Crippen molar-refractivity contribution in [1.29, 1.82) is 0 Å². The predicted molar refractivity (Wildman–Crippen MR) is 118 cm³/mol. The first kappa shape index (κ1) is 21.0. The highest BCUT2D eigenvalue weighted by molar-refractivity contribution is 5.94. The molecule has 5 rings (SSSR count). The summed E-state index contributed by atoms with van der Waals surface area (Å²) in [7, 11) is 0. The van der Waals surface area contributed by atoms with E-state index in [2.05, 4.69) is 0 Å². The summed E-state index contributed by atoms with van der Waals surface area (Å²) in [6.07, 6.45) is 7.15. The molecule has 170 valence electrons. The second kappa shape index (κ2) is 8.92. The van der Waals surface area contributed by atoms with E-state index in [4.69, 9.17) is 5.10 Å². The summed E-state index contributed by atoms with van der Waals surface area (Å²) in [4.78, 5) is 31.9. The van der Waals surface area contributed by atoms with Gasteiger partial charge in [0.2, 0.25) is 0 Å². The number of urea groups is 1. The van der Waals surface area contributed by atoms with Crippen LogP contribution in [0.1, 0.15) is 53.8 Å². The number of carbonyl (C=O) groups is 2. The smallest absolute Gasteiger partial charge is 0.320 e. The lowest BCUT2D eigenvalue weighted by molar-refractivity contribution is 0.0626. The molecule has 3 aliphatic rings. The largest absolute Gasteiger partial charge is 0.334 e. The van der Waals surface area contributed by atoms with Crippen LogP contribution < -0.4 is 0 Å². The van der Waals surface area contributed by atoms with Crippen LogP contribution in [0.25, 0.3) is 5.69 Å². The van der Waals surface area contributed by atoms with Crippen molar-refractivity contribution in [2.45, 2.75) is 44.9 Å². The summed E-state index contributed by atoms with van der Waals surface area (Å²) in [5.74, 6) is -0.350. The second-order valence-electron chi connectivity index (χ2n) is 8.98. The van der Waals surface area contributed by atoms with Crippen LogP contribution in [0.5, 0.6) is 0 Å². The highest BCUT2D eigenvalue weighted by Gasteiger charge is 2.32. The Morgan fingerprint density at radius 3 is 2.09 bits per heavy atom. The van der Waals surface area contributed by atoms with Crippen molar-refractivity contribution in [2.24, 2.45) is 0 Å². The Labute approximate surface area is 187 Å². The summed E-state index contributed by atoms with van der Waals surface area (Å²) in [5, 5.41) is 4.71. The van der Waals surface area contributed by atoms with Crippen molar-refractivity contribution in [2.75, 3.05) is 39.3 Å². The number of hydrogen-bond donors (Lipinski definition) is 0. The number of likely N-dealkylation sites (tertiary alicyclic amines) is 1. The molecule has 2 aliphatic heterocycles. The number of hydrogen-bond acceptors (Lipinski definition) is 3. The number of benzene rings is 1. The van der Waals surface area contributed by atoms with Gasteiger partial charge in [0.25, 0.3) is 5.91 Å². The Kier molecular flexibility index (Phi) is 5.85. The summed E-state index contributed by atoms with van der Waals surface area (Å²) in [6.45, 7) is 3.84. The van der Waals surface area contributed by atoms with E-state index >= 15 is 0 Å². The van der Waals surface area contributed by atoms with Crippen LogP contribution in [-0.4, -0.2) is 75.7 Å². The van der Waals surface area contributed by atoms with Gasteiger partial charge in [-0.1, -0.05) is 0 Å². The fraction of sp³-hybridized carbons (Fsp3) is 0.542. The molecule has 1 aromatic carbocycles. The van der Waals surface area contributed by atoms with Gasteiger partial charge in [-0.15, -0.1) is 0 Å². The number of carbonyl (C=O) groups excluding carboxylic acids is 2. The number of amides is 3. The predicted octanol–water partition coefficient (Wildman–Crippen LogP) is 3.25. The number of piperidine rings is 1. The van der Waals surface area contributed by atoms with Gasteiger partial charge < -0.3 is 14.7 Å². The molecule has 1 aliphatic carbocycles. The van der Waals surface area contributed by atoms with Crippen LogP contribution in [0.4, 0.5) is 9.18 Å². The Hall–Kier alpha value is -2.90. The summed E-state index contributed by atoms with van der Waals surface area (Å²) in [5.41, 5.74) is 3.38. The summed E-state index contributed by atoms with van der Waals surface area (Å²) in [6, 6.07) is 6.36. The van der Waals surface area contributed by atoms with Crippen LogP contribution >= 0.6 is 0 Å². The van der Waals surface area contributed by atoms with Gasteiger partial charge >= 0.3 is 6.03 Å². The lowest BCUT2D eigenvalue weighted by Crippen LogP contribution is -2.54. The molecule has 0 spiro atoms. The first-order valence-electron chi connectivity index (χ1n) is 11.8. The monoisotopic (exact) mass is 439 g/mol. The maximum atomic E-state index is 13.4. The Morgan fingerprint density at radius 1 is 0.750 bits per heavy atom. The molecule has 0 saturated carbocycles. The molecule has 0 unspecified atom stereocenters. The normalized spacial score (nSPS) is 19.1. The number of halogens is 1. The minimum atomic E-state index is -0.289. The Balaban J connectivity index is 1.31. The average Bonchev–Trinajstić information content (AvgIpc) is 3.24. The van der Waals surface area contributed by atoms with E-state index in [9.17, 15) is 14.0 Å². The number of piperazine rings is 1. The van der Waals surface area contributed by atoms with Crippen LogP contribution in [0.15, 0.2) is 24.3 Å². The third-order valence-corrected chi connectivity index (χ3v) is 6.92. The first-order valence-corrected chi connectivity index (χ1v) is 11.8. The fourth-order valence-corrected chi connectivity index (χ4v) is 5.10. The van der Waals surface area contributed by atoms with Crippen LogP contribution in [0, 0.1) is 5.82 Å². The molecule has 2 aromatic rings. The van der Waals surface area contributed by atoms with Gasteiger partial charge in [0.05, 0.1) is 5.69 Å². The zero-order valence-electron chi connectivity index (χ0n) is 18.4. The lowest BCUT2D eigenvalue weighted by atomic mass is 9.95. The van der Waals surface area contributed by atoms with Crippen molar-refractivity contribution in [3.8, 4) is 5.69 Å². The summed E-state index contributed by atoms with van der Waals surface area (Å²) >= 11 is 0. The van der Waals surface area contributed by atoms with Crippen LogP contribution in [0.3, 0.4) is 0 Å². The lowest BCUT2D eigenvalue weighted by Gasteiger charge is -2.38. The minimum absolute atomic E-state index is 0.0610. The van der Waals surface area contributed by atoms with Crippen molar-refractivity contribution < 1.29 is 14.0 Å². The Morgan fingerprint density at radius 2 is 1.38 bits per heavy atom. The average molecular weight is 440 g/mol. The van der Waals surface area contributed by atoms with Gasteiger partial charge in [0.15, 0.2) is 5.69 Å². The molecule has 2 saturated heterocycles. The van der Waals surface area contributed by atoms with Crippen molar-refractivity contribution in [3.05, 3.63) is 47.0 Å². The summed E-state index contributed by atoms with van der Waals surface area (Å²) < 4.78 is 15.2. The highest BCUT2D eigenvalue weighted by atomic mass is 19.1. The van der Waals surface area contributed by atoms with Gasteiger partial charge in [-0.05, 0) is 69.2 Å². The van der Waals surface area contributed by atoms with Crippen molar-refractivity contribution in [3.63, 3.8) is 0 Å². The molecule has 32 heavy (non-hydrogen) atoms. The Bertz CT molecular complexity index is 989. The van der Waals surface area contributed by atoms with E-state index in [-0.39, 0.29) is 17.8 Å². The molecule has 1 aromatic heterocycles. The third kappa shape index (κ3) is 3.98. The van der Waals surface area contributed by atoms with Gasteiger partial charge in [0, 0.05) is 50.5 Å². The van der Waals surface area contributed by atoms with E-state index in [0.717, 1.165) is 68.6 Å². The van der Waals surface area contributed by atoms with Crippen molar-refractivity contribution in [1.82, 2.24) is 24.5 Å². The molecule has 0 bridgehead atoms. The fourth-order valence-electron chi connectivity index (χ4n) is 5.10. The molecule has 3 amide bonds. The maximum Gasteiger partial charge on any atom is 0.320 e. The molecule has 0 atom stereocenters. The number of rotatable bonds is 2. The van der Waals surface area contributed by atoms with E-state index < -0.39 is 0 Å². The zero-order valence-corrected chi connectivity index (χ0v) is 18.4. The van der Waals surface area contributed by atoms with E-state index in [1.54, 1.807) is 12.1 Å². The first-order chi connectivity index (χ1) is 15.6. The molecule has 0 radical (unpaired) electrons. The van der Waals surface area contributed by atoms with E-state index in [0.29, 0.717) is 31.9 Å². The van der Waals surface area contributed by atoms with Crippen LogP contribution in [-0.2, 0) is 12.8 Å². The molecule has 0 N–H and O–H groups in total. The molecular weight excluding hydrogens is 409 g/mol. The van der Waals surface area contributed by atoms with Crippen LogP contribution in [0.2, 0.25) is 0 Å². The minimum Gasteiger partial charge on any atom is -0.334 e. The molecule has 7 nitrogen and oxygen atoms in total. The molecule has 8 heteroatoms. The zero-order chi connectivity index (χ0) is 22.1. The molecule has 2 fully saturated rings. The number of aromatic nitrogens is 2. The van der Waals surface area contributed by atoms with Gasteiger partial charge in [-0.25, -0.2) is 13.9 Å². The van der Waals surface area contributed by atoms with Gasteiger partial charge in [0.1, 0.15) is 5.82 Å². The third-order valence-electron chi connectivity index (χ3n) is 6.92. The standard InChI is InChI=1S/C24H30FN5O2/c25-18-8-10-19(11-9-18)30-21-7-3-2-6-20(21)22(26-30)23(31)27-14-16-29(17-15-27)24(32)28-12-4-1-5-13-28/h8-11H,1-7,12-17H2. The van der Waals surface area contributed by atoms with Gasteiger partial charge in [-0.2, -0.15) is 5.10 Å². The van der Waals surface area contributed by atoms with E-state index in [1.165, 1.54) is 18.6 Å².